The smallest absolute Gasteiger partial charge is 0.135 e. The summed E-state index contributed by atoms with van der Waals surface area (Å²) in [7, 11) is 0. The molecule has 6 heteroatoms. The largest absolute Gasteiger partial charge is 0.509 e. The molecule has 0 unspecified atom stereocenters. The Morgan fingerprint density at radius 2 is 1.30 bits per heavy atom. The zero-order valence-electron chi connectivity index (χ0n) is 38.6. The number of fused-ring (bicyclic) bond motifs is 3. The number of anilines is 2. The molecule has 0 amide bonds. The topological polar surface area (TPSA) is 33.5 Å². The van der Waals surface area contributed by atoms with E-state index >= 15 is 0 Å². The van der Waals surface area contributed by atoms with Gasteiger partial charge in [-0.15, -0.1) is 53.6 Å². The van der Waals surface area contributed by atoms with Crippen molar-refractivity contribution in [3.63, 3.8) is 0 Å². The molecule has 328 valence electrons. The Bertz CT molecular complexity index is 2960. The minimum atomic E-state index is -0.153. The summed E-state index contributed by atoms with van der Waals surface area (Å²) in [4.78, 5) is 9.37. The number of rotatable bonds is 9. The van der Waals surface area contributed by atoms with Gasteiger partial charge in [0.05, 0.1) is 0 Å². The maximum atomic E-state index is 6.81. The summed E-state index contributed by atoms with van der Waals surface area (Å²) in [6.45, 7) is 24.8. The average molecular weight is 1020 g/mol. The minimum absolute atomic E-state index is 0. The molecule has 0 bridgehead atoms. The summed E-state index contributed by atoms with van der Waals surface area (Å²) in [5.41, 5.74) is 13.7. The van der Waals surface area contributed by atoms with E-state index in [4.69, 9.17) is 9.72 Å². The zero-order chi connectivity index (χ0) is 44.2. The van der Waals surface area contributed by atoms with Gasteiger partial charge >= 0.3 is 0 Å². The van der Waals surface area contributed by atoms with Crippen molar-refractivity contribution in [2.45, 2.75) is 86.5 Å². The van der Waals surface area contributed by atoms with Gasteiger partial charge in [0.1, 0.15) is 5.82 Å². The minimum Gasteiger partial charge on any atom is -0.509 e. The maximum absolute atomic E-state index is 6.81. The van der Waals surface area contributed by atoms with Crippen molar-refractivity contribution in [2.24, 2.45) is 5.41 Å². The van der Waals surface area contributed by atoms with Gasteiger partial charge in [-0.1, -0.05) is 154 Å². The number of hydrogen-bond acceptors (Lipinski definition) is 4. The molecule has 0 N–H and O–H groups in total. The Morgan fingerprint density at radius 1 is 0.609 bits per heavy atom. The molecular formula is C58H57N4OPt-3. The van der Waals surface area contributed by atoms with Crippen LogP contribution in [-0.2, 0) is 26.5 Å². The van der Waals surface area contributed by atoms with E-state index in [-0.39, 0.29) is 31.9 Å². The first kappa shape index (κ1) is 44.7. The Kier molecular flexibility index (Phi) is 12.3. The molecular weight excluding hydrogens is 964 g/mol. The molecule has 5 nitrogen and oxygen atoms in total. The van der Waals surface area contributed by atoms with Gasteiger partial charge in [0.2, 0.25) is 0 Å². The second kappa shape index (κ2) is 17.6. The van der Waals surface area contributed by atoms with E-state index < -0.39 is 0 Å². The van der Waals surface area contributed by atoms with Gasteiger partial charge < -0.3 is 19.1 Å². The second-order valence-electron chi connectivity index (χ2n) is 19.5. The first-order chi connectivity index (χ1) is 30.1. The van der Waals surface area contributed by atoms with Crippen molar-refractivity contribution in [1.29, 1.82) is 0 Å². The number of para-hydroxylation sites is 1. The van der Waals surface area contributed by atoms with E-state index in [2.05, 4.69) is 230 Å². The fourth-order valence-corrected chi connectivity index (χ4v) is 8.80. The Hall–Kier alpha value is -5.90. The number of allylic oxidation sites excluding steroid dienone is 1. The Morgan fingerprint density at radius 3 is 1.97 bits per heavy atom. The van der Waals surface area contributed by atoms with Crippen LogP contribution in [0.1, 0.15) is 97.8 Å². The van der Waals surface area contributed by atoms with Gasteiger partial charge in [-0.05, 0) is 92.5 Å². The molecule has 2 aromatic heterocycles. The normalized spacial score (nSPS) is 13.3. The third kappa shape index (κ3) is 8.68. The van der Waals surface area contributed by atoms with Crippen molar-refractivity contribution in [3.8, 4) is 39.6 Å². The molecule has 0 radical (unpaired) electrons. The number of pyridine rings is 1. The first-order valence-corrected chi connectivity index (χ1v) is 22.2. The number of aromatic nitrogens is 2. The third-order valence-electron chi connectivity index (χ3n) is 12.2. The van der Waals surface area contributed by atoms with Crippen molar-refractivity contribution < 1.29 is 25.8 Å². The Balaban J connectivity index is 0.00000560. The van der Waals surface area contributed by atoms with Crippen LogP contribution < -0.4 is 14.5 Å². The first-order valence-electron chi connectivity index (χ1n) is 22.2. The van der Waals surface area contributed by atoms with Crippen LogP contribution in [-0.4, -0.2) is 9.55 Å². The summed E-state index contributed by atoms with van der Waals surface area (Å²) in [6.07, 6.45) is 4.14. The summed E-state index contributed by atoms with van der Waals surface area (Å²) < 4.78 is 9.01. The van der Waals surface area contributed by atoms with Gasteiger partial charge in [-0.25, -0.2) is 4.98 Å². The number of hydrogen-bond donors (Lipinski definition) is 0. The monoisotopic (exact) mass is 1020 g/mol. The van der Waals surface area contributed by atoms with Gasteiger partial charge in [0.25, 0.3) is 0 Å². The average Bonchev–Trinajstić information content (AvgIpc) is 3.87. The van der Waals surface area contributed by atoms with Crippen LogP contribution >= 0.6 is 0 Å². The molecule has 0 atom stereocenters. The van der Waals surface area contributed by atoms with Crippen LogP contribution in [0.4, 0.5) is 11.4 Å². The summed E-state index contributed by atoms with van der Waals surface area (Å²) in [5.74, 6) is 2.90. The van der Waals surface area contributed by atoms with Crippen LogP contribution in [0.3, 0.4) is 0 Å². The van der Waals surface area contributed by atoms with Gasteiger partial charge in [-0.2, -0.15) is 6.07 Å². The fraction of sp³-hybridized carbons (Fsp3) is 0.241. The van der Waals surface area contributed by atoms with Crippen LogP contribution in [0, 0.1) is 24.2 Å². The SMILES string of the molecule is CC(C)c1cccc(C(C)C)c1-c1ccc(N2[CH-]N(c3[c-]c(Oc4[c-]c5c(cc4)c4ccccc4n5-c4cc(C(C)(C)C)ccn4)cc(-c4ccccc4)c3)C=C2C(C)(C)C)cc1.[Pt]. The van der Waals surface area contributed by atoms with E-state index in [1.807, 2.05) is 18.3 Å². The van der Waals surface area contributed by atoms with Gasteiger partial charge in [-0.3, -0.25) is 0 Å². The van der Waals surface area contributed by atoms with Crippen LogP contribution in [0.15, 0.2) is 152 Å². The molecule has 1 aliphatic rings. The molecule has 0 saturated heterocycles. The Labute approximate surface area is 394 Å². The van der Waals surface area contributed by atoms with Crippen molar-refractivity contribution in [1.82, 2.24) is 9.55 Å². The van der Waals surface area contributed by atoms with E-state index in [9.17, 15) is 0 Å². The van der Waals surface area contributed by atoms with Crippen molar-refractivity contribution in [2.75, 3.05) is 9.80 Å². The van der Waals surface area contributed by atoms with Crippen molar-refractivity contribution in [3.05, 3.63) is 187 Å². The molecule has 9 rings (SSSR count). The summed E-state index contributed by atoms with van der Waals surface area (Å²) in [5, 5.41) is 2.23. The van der Waals surface area contributed by atoms with Crippen LogP contribution in [0.2, 0.25) is 0 Å². The standard InChI is InChI=1S/C58H57N4O.Pt/c1-38(2)48-20-16-21-49(39(3)4)56(48)41-23-25-44(26-24-41)61-37-60(36-54(61)58(8,9)10)45-31-42(40-17-12-11-13-18-40)32-47(34-45)63-46-27-28-51-50-19-14-15-22-52(50)62(53(51)35-46)55-33-43(29-30-59-55)57(5,6)7;/h11-33,36-39H,1-10H3;/q-3;. The van der Waals surface area contributed by atoms with E-state index in [1.54, 1.807) is 0 Å². The summed E-state index contributed by atoms with van der Waals surface area (Å²) in [6, 6.07) is 54.8. The van der Waals surface area contributed by atoms with Crippen LogP contribution in [0.5, 0.6) is 11.5 Å². The molecule has 1 aliphatic heterocycles. The fourth-order valence-electron chi connectivity index (χ4n) is 8.80. The zero-order valence-corrected chi connectivity index (χ0v) is 40.9. The van der Waals surface area contributed by atoms with Crippen molar-refractivity contribution >= 4 is 33.2 Å². The molecule has 0 saturated carbocycles. The summed E-state index contributed by atoms with van der Waals surface area (Å²) >= 11 is 0. The number of nitrogens with zero attached hydrogens (tertiary/aromatic N) is 4. The molecule has 0 fully saturated rings. The van der Waals surface area contributed by atoms with Gasteiger partial charge in [0.15, 0.2) is 0 Å². The predicted molar refractivity (Wildman–Crippen MR) is 264 cm³/mol. The molecule has 3 heterocycles. The van der Waals surface area contributed by atoms with E-state index in [0.29, 0.717) is 23.3 Å². The molecule has 0 spiro atoms. The molecule has 8 aromatic rings. The van der Waals surface area contributed by atoms with E-state index in [1.165, 1.54) is 33.5 Å². The number of ether oxygens (including phenoxy) is 1. The van der Waals surface area contributed by atoms with Gasteiger partial charge in [0, 0.05) is 61.1 Å². The maximum Gasteiger partial charge on any atom is 0.135 e. The van der Waals surface area contributed by atoms with E-state index in [0.717, 1.165) is 50.1 Å². The number of benzene rings is 6. The molecule has 0 aliphatic carbocycles. The van der Waals surface area contributed by atoms with Crippen LogP contribution in [0.25, 0.3) is 49.9 Å². The molecule has 6 aromatic carbocycles. The predicted octanol–water partition coefficient (Wildman–Crippen LogP) is 15.8. The molecule has 64 heavy (non-hydrogen) atoms. The second-order valence-corrected chi connectivity index (χ2v) is 19.5. The third-order valence-corrected chi connectivity index (χ3v) is 12.2. The quantitative estimate of drug-likeness (QED) is 0.135.